The second kappa shape index (κ2) is 5.74. The Labute approximate surface area is 114 Å². The van der Waals surface area contributed by atoms with Crippen LogP contribution in [0.25, 0.3) is 0 Å². The van der Waals surface area contributed by atoms with E-state index in [4.69, 9.17) is 10.5 Å². The standard InChI is InChI=1S/C14H23N3O2/c1-17-13(12(19-2)9-16-17)11(18)8-14(10-15)6-4-3-5-7-14/h9H,3-8,10,15H2,1-2H3. The molecule has 0 saturated heterocycles. The number of aryl methyl sites for hydroxylation is 1. The maximum atomic E-state index is 12.5. The first kappa shape index (κ1) is 14.1. The van der Waals surface area contributed by atoms with E-state index in [1.54, 1.807) is 25.0 Å². The summed E-state index contributed by atoms with van der Waals surface area (Å²) in [4.78, 5) is 12.5. The van der Waals surface area contributed by atoms with Crippen molar-refractivity contribution in [2.24, 2.45) is 18.2 Å². The van der Waals surface area contributed by atoms with Gasteiger partial charge in [-0.2, -0.15) is 5.10 Å². The molecule has 0 aromatic carbocycles. The molecule has 0 bridgehead atoms. The van der Waals surface area contributed by atoms with Gasteiger partial charge in [0, 0.05) is 13.5 Å². The molecule has 1 aromatic rings. The van der Waals surface area contributed by atoms with Crippen LogP contribution < -0.4 is 10.5 Å². The highest BCUT2D eigenvalue weighted by molar-refractivity contribution is 5.97. The van der Waals surface area contributed by atoms with Crippen LogP contribution in [0.2, 0.25) is 0 Å². The Balaban J connectivity index is 2.17. The summed E-state index contributed by atoms with van der Waals surface area (Å²) >= 11 is 0. The first-order valence-corrected chi connectivity index (χ1v) is 6.91. The van der Waals surface area contributed by atoms with E-state index in [9.17, 15) is 4.79 Å². The highest BCUT2D eigenvalue weighted by Gasteiger charge is 2.34. The van der Waals surface area contributed by atoms with E-state index < -0.39 is 0 Å². The van der Waals surface area contributed by atoms with E-state index in [-0.39, 0.29) is 11.2 Å². The number of Topliss-reactive ketones (excluding diaryl/α,β-unsaturated/α-hetero) is 1. The van der Waals surface area contributed by atoms with Gasteiger partial charge in [0.15, 0.2) is 11.5 Å². The van der Waals surface area contributed by atoms with Crippen LogP contribution >= 0.6 is 0 Å². The van der Waals surface area contributed by atoms with Crippen molar-refractivity contribution in [3.63, 3.8) is 0 Å². The molecule has 19 heavy (non-hydrogen) atoms. The lowest BCUT2D eigenvalue weighted by Crippen LogP contribution is -2.35. The lowest BCUT2D eigenvalue weighted by molar-refractivity contribution is 0.0855. The van der Waals surface area contributed by atoms with E-state index in [0.717, 1.165) is 12.8 Å². The predicted molar refractivity (Wildman–Crippen MR) is 73.3 cm³/mol. The molecule has 1 aromatic heterocycles. The number of nitrogens with zero attached hydrogens (tertiary/aromatic N) is 2. The van der Waals surface area contributed by atoms with Gasteiger partial charge in [-0.15, -0.1) is 0 Å². The van der Waals surface area contributed by atoms with E-state index in [2.05, 4.69) is 5.10 Å². The number of hydrogen-bond donors (Lipinski definition) is 1. The molecule has 2 rings (SSSR count). The van der Waals surface area contributed by atoms with Gasteiger partial charge in [0.05, 0.1) is 13.3 Å². The number of carbonyl (C=O) groups excluding carboxylic acids is 1. The van der Waals surface area contributed by atoms with Crippen LogP contribution in [0.15, 0.2) is 6.20 Å². The molecule has 0 radical (unpaired) electrons. The summed E-state index contributed by atoms with van der Waals surface area (Å²) in [6.45, 7) is 0.582. The summed E-state index contributed by atoms with van der Waals surface area (Å²) in [6, 6.07) is 0. The first-order chi connectivity index (χ1) is 9.12. The van der Waals surface area contributed by atoms with Crippen LogP contribution in [0.4, 0.5) is 0 Å². The average Bonchev–Trinajstić information content (AvgIpc) is 2.81. The molecule has 1 aliphatic carbocycles. The molecule has 5 nitrogen and oxygen atoms in total. The fraction of sp³-hybridized carbons (Fsp3) is 0.714. The van der Waals surface area contributed by atoms with Crippen molar-refractivity contribution in [2.75, 3.05) is 13.7 Å². The molecule has 5 heteroatoms. The van der Waals surface area contributed by atoms with Crippen LogP contribution in [-0.2, 0) is 7.05 Å². The molecule has 1 fully saturated rings. The number of ether oxygens (including phenoxy) is 1. The van der Waals surface area contributed by atoms with Crippen molar-refractivity contribution in [1.29, 1.82) is 0 Å². The van der Waals surface area contributed by atoms with Gasteiger partial charge >= 0.3 is 0 Å². The first-order valence-electron chi connectivity index (χ1n) is 6.91. The Bertz CT molecular complexity index is 448. The molecule has 106 valence electrons. The van der Waals surface area contributed by atoms with Gasteiger partial charge in [0.1, 0.15) is 5.69 Å². The molecule has 1 saturated carbocycles. The van der Waals surface area contributed by atoms with Crippen LogP contribution in [0.3, 0.4) is 0 Å². The number of hydrogen-bond acceptors (Lipinski definition) is 4. The fourth-order valence-electron chi connectivity index (χ4n) is 3.06. The predicted octanol–water partition coefficient (Wildman–Crippen LogP) is 1.91. The summed E-state index contributed by atoms with van der Waals surface area (Å²) in [5, 5.41) is 4.09. The maximum Gasteiger partial charge on any atom is 0.185 e. The lowest BCUT2D eigenvalue weighted by Gasteiger charge is -2.35. The topological polar surface area (TPSA) is 70.1 Å². The molecule has 2 N–H and O–H groups in total. The van der Waals surface area contributed by atoms with Crippen molar-refractivity contribution in [3.8, 4) is 5.75 Å². The molecule has 0 unspecified atom stereocenters. The second-order valence-electron chi connectivity index (χ2n) is 5.55. The number of rotatable bonds is 5. The third-order valence-electron chi connectivity index (χ3n) is 4.27. The monoisotopic (exact) mass is 265 g/mol. The number of ketones is 1. The minimum absolute atomic E-state index is 0.0232. The van der Waals surface area contributed by atoms with Crippen molar-refractivity contribution in [3.05, 3.63) is 11.9 Å². The second-order valence-corrected chi connectivity index (χ2v) is 5.55. The smallest absolute Gasteiger partial charge is 0.185 e. The van der Waals surface area contributed by atoms with Gasteiger partial charge in [0.2, 0.25) is 0 Å². The number of nitrogens with two attached hydrogens (primary N) is 1. The molecule has 1 aliphatic rings. The third-order valence-corrected chi connectivity index (χ3v) is 4.27. The quantitative estimate of drug-likeness (QED) is 0.826. The Kier molecular flexibility index (Phi) is 4.24. The Morgan fingerprint density at radius 3 is 2.74 bits per heavy atom. The molecule has 0 spiro atoms. The zero-order chi connectivity index (χ0) is 13.9. The summed E-state index contributed by atoms with van der Waals surface area (Å²) in [6.07, 6.45) is 7.79. The molecular weight excluding hydrogens is 242 g/mol. The van der Waals surface area contributed by atoms with Crippen LogP contribution in [0, 0.1) is 5.41 Å². The van der Waals surface area contributed by atoms with Gasteiger partial charge in [-0.05, 0) is 24.8 Å². The Morgan fingerprint density at radius 2 is 2.16 bits per heavy atom. The fourth-order valence-corrected chi connectivity index (χ4v) is 3.06. The summed E-state index contributed by atoms with van der Waals surface area (Å²) in [7, 11) is 3.33. The van der Waals surface area contributed by atoms with Crippen molar-refractivity contribution < 1.29 is 9.53 Å². The normalized spacial score (nSPS) is 18.3. The number of carbonyl (C=O) groups is 1. The summed E-state index contributed by atoms with van der Waals surface area (Å²) in [5.41, 5.74) is 6.48. The van der Waals surface area contributed by atoms with Crippen molar-refractivity contribution in [2.45, 2.75) is 38.5 Å². The maximum absolute atomic E-state index is 12.5. The average molecular weight is 265 g/mol. The lowest BCUT2D eigenvalue weighted by atomic mass is 9.70. The molecule has 0 atom stereocenters. The van der Waals surface area contributed by atoms with E-state index in [0.29, 0.717) is 24.4 Å². The zero-order valence-corrected chi connectivity index (χ0v) is 11.8. The van der Waals surface area contributed by atoms with Gasteiger partial charge in [-0.25, -0.2) is 0 Å². The highest BCUT2D eigenvalue weighted by Crippen LogP contribution is 2.39. The van der Waals surface area contributed by atoms with E-state index in [1.165, 1.54) is 19.3 Å². The SMILES string of the molecule is COc1cnn(C)c1C(=O)CC1(CN)CCCCC1. The Hall–Kier alpha value is -1.36. The molecular formula is C14H23N3O2. The largest absolute Gasteiger partial charge is 0.493 e. The highest BCUT2D eigenvalue weighted by atomic mass is 16.5. The molecule has 0 aliphatic heterocycles. The van der Waals surface area contributed by atoms with E-state index >= 15 is 0 Å². The van der Waals surface area contributed by atoms with Gasteiger partial charge in [-0.1, -0.05) is 19.3 Å². The van der Waals surface area contributed by atoms with Crippen LogP contribution in [-0.4, -0.2) is 29.2 Å². The van der Waals surface area contributed by atoms with Gasteiger partial charge < -0.3 is 10.5 Å². The van der Waals surface area contributed by atoms with Crippen LogP contribution in [0.5, 0.6) is 5.75 Å². The van der Waals surface area contributed by atoms with Crippen molar-refractivity contribution >= 4 is 5.78 Å². The van der Waals surface area contributed by atoms with Crippen molar-refractivity contribution in [1.82, 2.24) is 9.78 Å². The summed E-state index contributed by atoms with van der Waals surface area (Å²) < 4.78 is 6.80. The van der Waals surface area contributed by atoms with Crippen LogP contribution in [0.1, 0.15) is 49.0 Å². The molecule has 0 amide bonds. The van der Waals surface area contributed by atoms with Gasteiger partial charge in [-0.3, -0.25) is 9.48 Å². The van der Waals surface area contributed by atoms with E-state index in [1.807, 2.05) is 0 Å². The third kappa shape index (κ3) is 2.81. The Morgan fingerprint density at radius 1 is 1.47 bits per heavy atom. The minimum atomic E-state index is -0.0232. The number of aromatic nitrogens is 2. The number of methoxy groups -OCH3 is 1. The molecule has 1 heterocycles. The van der Waals surface area contributed by atoms with Gasteiger partial charge in [0.25, 0.3) is 0 Å². The minimum Gasteiger partial charge on any atom is -0.493 e. The summed E-state index contributed by atoms with van der Waals surface area (Å²) in [5.74, 6) is 0.639. The zero-order valence-electron chi connectivity index (χ0n) is 11.8.